The fourth-order valence-corrected chi connectivity index (χ4v) is 8.65. The molecule has 6 nitrogen and oxygen atoms in total. The van der Waals surface area contributed by atoms with E-state index in [2.05, 4.69) is 154 Å². The molecule has 0 aliphatic rings. The first kappa shape index (κ1) is 73.5. The average molecular weight is 1080 g/mol. The molecule has 0 amide bonds. The molecule has 0 aromatic carbocycles. The van der Waals surface area contributed by atoms with E-state index in [1.165, 1.54) is 109 Å². The zero-order valence-electron chi connectivity index (χ0n) is 50.6. The maximum absolute atomic E-state index is 12.9. The minimum atomic E-state index is -0.806. The molecular formula is C72H118O6. The number of hydrogen-bond donors (Lipinski definition) is 0. The van der Waals surface area contributed by atoms with E-state index < -0.39 is 6.10 Å². The molecule has 6 heteroatoms. The zero-order chi connectivity index (χ0) is 56.4. The summed E-state index contributed by atoms with van der Waals surface area (Å²) in [7, 11) is 0. The van der Waals surface area contributed by atoms with Gasteiger partial charge >= 0.3 is 17.9 Å². The van der Waals surface area contributed by atoms with Gasteiger partial charge in [-0.25, -0.2) is 0 Å². The Bertz CT molecular complexity index is 1670. The zero-order valence-corrected chi connectivity index (χ0v) is 50.6. The Morgan fingerprint density at radius 2 is 0.500 bits per heavy atom. The van der Waals surface area contributed by atoms with Crippen LogP contribution in [0.2, 0.25) is 0 Å². The lowest BCUT2D eigenvalue weighted by molar-refractivity contribution is -0.167. The van der Waals surface area contributed by atoms with Crippen molar-refractivity contribution in [3.63, 3.8) is 0 Å². The van der Waals surface area contributed by atoms with E-state index in [0.29, 0.717) is 25.7 Å². The number of carbonyl (C=O) groups is 3. The van der Waals surface area contributed by atoms with Crippen molar-refractivity contribution in [3.8, 4) is 0 Å². The summed E-state index contributed by atoms with van der Waals surface area (Å²) in [6.45, 7) is 6.39. The van der Waals surface area contributed by atoms with Crippen LogP contribution in [0.25, 0.3) is 0 Å². The van der Waals surface area contributed by atoms with Crippen LogP contribution in [0.1, 0.15) is 284 Å². The third-order valence-corrected chi connectivity index (χ3v) is 13.4. The molecule has 0 bridgehead atoms. The van der Waals surface area contributed by atoms with Crippen LogP contribution in [-0.4, -0.2) is 37.2 Å². The highest BCUT2D eigenvalue weighted by Crippen LogP contribution is 2.16. The predicted octanol–water partition coefficient (Wildman–Crippen LogP) is 22.2. The van der Waals surface area contributed by atoms with Crippen molar-refractivity contribution < 1.29 is 28.6 Å². The Hall–Kier alpha value is -4.45. The third-order valence-electron chi connectivity index (χ3n) is 13.4. The molecule has 442 valence electrons. The van der Waals surface area contributed by atoms with Crippen LogP contribution < -0.4 is 0 Å². The summed E-state index contributed by atoms with van der Waals surface area (Å²) in [5, 5.41) is 0. The van der Waals surface area contributed by atoms with Gasteiger partial charge in [-0.2, -0.15) is 0 Å². The molecule has 0 fully saturated rings. The van der Waals surface area contributed by atoms with Crippen molar-refractivity contribution >= 4 is 17.9 Å². The Morgan fingerprint density at radius 1 is 0.269 bits per heavy atom. The molecule has 1 atom stereocenters. The van der Waals surface area contributed by atoms with E-state index in [-0.39, 0.29) is 31.1 Å². The van der Waals surface area contributed by atoms with Crippen LogP contribution in [-0.2, 0) is 28.6 Å². The molecule has 0 saturated carbocycles. The largest absolute Gasteiger partial charge is 0.462 e. The lowest BCUT2D eigenvalue weighted by Gasteiger charge is -2.18. The number of esters is 3. The van der Waals surface area contributed by atoms with Crippen molar-refractivity contribution in [3.05, 3.63) is 134 Å². The maximum Gasteiger partial charge on any atom is 0.306 e. The molecule has 0 aliphatic carbocycles. The normalized spacial score (nSPS) is 13.0. The highest BCUT2D eigenvalue weighted by Gasteiger charge is 2.19. The van der Waals surface area contributed by atoms with E-state index in [1.54, 1.807) is 0 Å². The smallest absolute Gasteiger partial charge is 0.306 e. The van der Waals surface area contributed by atoms with Crippen molar-refractivity contribution in [1.29, 1.82) is 0 Å². The van der Waals surface area contributed by atoms with E-state index in [1.807, 2.05) is 0 Å². The molecule has 0 aliphatic heterocycles. The molecule has 1 unspecified atom stereocenters. The first-order valence-electron chi connectivity index (χ1n) is 32.2. The Balaban J connectivity index is 4.46. The molecular weight excluding hydrogens is 961 g/mol. The summed E-state index contributed by atoms with van der Waals surface area (Å²) < 4.78 is 16.9. The van der Waals surface area contributed by atoms with Crippen molar-refractivity contribution in [2.75, 3.05) is 13.2 Å². The van der Waals surface area contributed by atoms with Crippen molar-refractivity contribution in [2.45, 2.75) is 290 Å². The lowest BCUT2D eigenvalue weighted by atomic mass is 10.0. The van der Waals surface area contributed by atoms with Crippen LogP contribution in [0.15, 0.2) is 134 Å². The van der Waals surface area contributed by atoms with Gasteiger partial charge in [-0.3, -0.25) is 14.4 Å². The van der Waals surface area contributed by atoms with E-state index in [0.717, 1.165) is 128 Å². The second-order valence-corrected chi connectivity index (χ2v) is 20.9. The van der Waals surface area contributed by atoms with Crippen LogP contribution in [0, 0.1) is 0 Å². The highest BCUT2D eigenvalue weighted by molar-refractivity contribution is 5.71. The summed E-state index contributed by atoms with van der Waals surface area (Å²) in [5.41, 5.74) is 0. The molecule has 0 aromatic rings. The van der Waals surface area contributed by atoms with Gasteiger partial charge in [-0.05, 0) is 116 Å². The Labute approximate surface area is 481 Å². The van der Waals surface area contributed by atoms with Gasteiger partial charge in [0.25, 0.3) is 0 Å². The van der Waals surface area contributed by atoms with Gasteiger partial charge in [0.2, 0.25) is 0 Å². The first-order valence-corrected chi connectivity index (χ1v) is 32.2. The van der Waals surface area contributed by atoms with Gasteiger partial charge < -0.3 is 14.2 Å². The number of hydrogen-bond acceptors (Lipinski definition) is 6. The van der Waals surface area contributed by atoms with Gasteiger partial charge in [0.15, 0.2) is 6.10 Å². The standard InChI is InChI=1S/C72H118O6/c1-4-7-10-13-16-19-22-25-28-31-32-33-34-35-36-37-38-39-40-42-44-47-50-53-56-59-62-65-71(74)77-68-69(67-76-70(73)64-61-58-55-52-49-46-43-30-27-24-21-18-15-12-9-6-3)78-72(75)66-63-60-57-54-51-48-45-41-29-26-23-20-17-14-11-8-5-2/h7-8,10-11,16-17,19-20,25-26,28-29,32-33,35-36,38-39,42,44,50,53,69H,4-6,9,12-15,18,21-24,27,30-31,34,37,40-41,43,45-49,51-52,54-68H2,1-3H3/b10-7-,11-8-,19-16-,20-17-,28-25-,29-26-,33-32-,36-35-,39-38-,44-42-,53-50-. The number of rotatable bonds is 57. The summed E-state index contributed by atoms with van der Waals surface area (Å²) in [5.74, 6) is -0.948. The maximum atomic E-state index is 12.9. The van der Waals surface area contributed by atoms with Crippen LogP contribution in [0.4, 0.5) is 0 Å². The summed E-state index contributed by atoms with van der Waals surface area (Å²) >= 11 is 0. The predicted molar refractivity (Wildman–Crippen MR) is 339 cm³/mol. The Kier molecular flexibility index (Phi) is 61.4. The first-order chi connectivity index (χ1) is 38.5. The number of carbonyl (C=O) groups excluding carboxylic acids is 3. The van der Waals surface area contributed by atoms with Gasteiger partial charge in [0, 0.05) is 19.3 Å². The molecule has 0 spiro atoms. The van der Waals surface area contributed by atoms with Crippen LogP contribution in [0.5, 0.6) is 0 Å². The minimum absolute atomic E-state index is 0.0973. The SMILES string of the molecule is CC/C=C\C/C=C\C/C=C\C/C=C\C/C=C\C/C=C\C/C=C\C/C=C\CCCCC(=O)OCC(COC(=O)CCCCCCCCCCCCCCCCCC)OC(=O)CCCCCCCCC/C=C\C/C=C\C/C=C\CC. The summed E-state index contributed by atoms with van der Waals surface area (Å²) in [4.78, 5) is 38.3. The van der Waals surface area contributed by atoms with E-state index >= 15 is 0 Å². The van der Waals surface area contributed by atoms with Crippen molar-refractivity contribution in [2.24, 2.45) is 0 Å². The lowest BCUT2D eigenvalue weighted by Crippen LogP contribution is -2.30. The van der Waals surface area contributed by atoms with E-state index in [4.69, 9.17) is 14.2 Å². The van der Waals surface area contributed by atoms with E-state index in [9.17, 15) is 14.4 Å². The molecule has 0 rings (SSSR count). The molecule has 0 heterocycles. The number of allylic oxidation sites excluding steroid dienone is 22. The van der Waals surface area contributed by atoms with Gasteiger partial charge in [-0.15, -0.1) is 0 Å². The number of unbranched alkanes of at least 4 members (excludes halogenated alkanes) is 24. The molecule has 0 saturated heterocycles. The fourth-order valence-electron chi connectivity index (χ4n) is 8.65. The summed E-state index contributed by atoms with van der Waals surface area (Å²) in [6.07, 6.45) is 91.7. The highest BCUT2D eigenvalue weighted by atomic mass is 16.6. The second-order valence-electron chi connectivity index (χ2n) is 20.9. The molecule has 0 aromatic heterocycles. The van der Waals surface area contributed by atoms with Crippen LogP contribution in [0.3, 0.4) is 0 Å². The molecule has 78 heavy (non-hydrogen) atoms. The number of ether oxygens (including phenoxy) is 3. The average Bonchev–Trinajstić information content (AvgIpc) is 3.44. The van der Waals surface area contributed by atoms with Crippen LogP contribution >= 0.6 is 0 Å². The van der Waals surface area contributed by atoms with Crippen molar-refractivity contribution in [1.82, 2.24) is 0 Å². The summed E-state index contributed by atoms with van der Waals surface area (Å²) in [6, 6.07) is 0. The quantitative estimate of drug-likeness (QED) is 0.0261. The fraction of sp³-hybridized carbons (Fsp3) is 0.653. The van der Waals surface area contributed by atoms with Gasteiger partial charge in [0.1, 0.15) is 13.2 Å². The van der Waals surface area contributed by atoms with Gasteiger partial charge in [-0.1, -0.05) is 283 Å². The van der Waals surface area contributed by atoms with Gasteiger partial charge in [0.05, 0.1) is 0 Å². The minimum Gasteiger partial charge on any atom is -0.462 e. The molecule has 0 radical (unpaired) electrons. The Morgan fingerprint density at radius 3 is 0.808 bits per heavy atom. The second kappa shape index (κ2) is 65.1. The molecule has 0 N–H and O–H groups in total. The topological polar surface area (TPSA) is 78.9 Å². The third kappa shape index (κ3) is 62.4. The monoisotopic (exact) mass is 1080 g/mol.